The molecule has 5 nitrogen and oxygen atoms in total. The summed E-state index contributed by atoms with van der Waals surface area (Å²) in [6.45, 7) is 5.72. The van der Waals surface area contributed by atoms with Gasteiger partial charge in [0.05, 0.1) is 17.9 Å². The fraction of sp³-hybridized carbons (Fsp3) is 0.250. The first kappa shape index (κ1) is 19.2. The summed E-state index contributed by atoms with van der Waals surface area (Å²) in [4.78, 5) is 27.4. The van der Waals surface area contributed by atoms with E-state index in [4.69, 9.17) is 0 Å². The normalized spacial score (nSPS) is 16.2. The Labute approximate surface area is 170 Å². The Morgan fingerprint density at radius 2 is 1.72 bits per heavy atom. The fourth-order valence-corrected chi connectivity index (χ4v) is 3.96. The number of anilines is 2. The van der Waals surface area contributed by atoms with Crippen LogP contribution in [0, 0.1) is 0 Å². The highest BCUT2D eigenvalue weighted by Crippen LogP contribution is 2.36. The SMILES string of the molecule is C[C@H](NCC(=O)N1c2ccccc2NC(=O)C1(C)C)c1cccc2ccccc12. The summed E-state index contributed by atoms with van der Waals surface area (Å²) in [5.41, 5.74) is 1.57. The van der Waals surface area contributed by atoms with Crippen molar-refractivity contribution in [2.45, 2.75) is 32.4 Å². The first-order valence-electron chi connectivity index (χ1n) is 9.84. The van der Waals surface area contributed by atoms with Crippen molar-refractivity contribution in [3.05, 3.63) is 72.3 Å². The summed E-state index contributed by atoms with van der Waals surface area (Å²) < 4.78 is 0. The van der Waals surface area contributed by atoms with Gasteiger partial charge in [0.2, 0.25) is 11.8 Å². The van der Waals surface area contributed by atoms with Gasteiger partial charge >= 0.3 is 0 Å². The molecule has 1 heterocycles. The summed E-state index contributed by atoms with van der Waals surface area (Å²) in [6, 6.07) is 21.8. The zero-order chi connectivity index (χ0) is 20.6. The second-order valence-electron chi connectivity index (χ2n) is 7.93. The molecule has 0 saturated carbocycles. The quantitative estimate of drug-likeness (QED) is 0.703. The molecular weight excluding hydrogens is 362 g/mol. The van der Waals surface area contributed by atoms with Crippen LogP contribution in [-0.4, -0.2) is 23.9 Å². The van der Waals surface area contributed by atoms with Crippen LogP contribution >= 0.6 is 0 Å². The van der Waals surface area contributed by atoms with E-state index in [1.54, 1.807) is 18.7 Å². The fourth-order valence-electron chi connectivity index (χ4n) is 3.96. The topological polar surface area (TPSA) is 61.4 Å². The lowest BCUT2D eigenvalue weighted by Crippen LogP contribution is -2.60. The van der Waals surface area contributed by atoms with E-state index >= 15 is 0 Å². The number of rotatable bonds is 4. The van der Waals surface area contributed by atoms with Crippen LogP contribution in [0.3, 0.4) is 0 Å². The van der Waals surface area contributed by atoms with Gasteiger partial charge in [-0.2, -0.15) is 0 Å². The third kappa shape index (κ3) is 3.38. The first-order chi connectivity index (χ1) is 13.9. The number of nitrogens with one attached hydrogen (secondary N) is 2. The molecule has 0 fully saturated rings. The molecule has 1 atom stereocenters. The number of amides is 2. The van der Waals surface area contributed by atoms with Crippen LogP contribution in [0.1, 0.15) is 32.4 Å². The van der Waals surface area contributed by atoms with Crippen LogP contribution in [0.5, 0.6) is 0 Å². The van der Waals surface area contributed by atoms with Crippen LogP contribution in [0.15, 0.2) is 66.7 Å². The van der Waals surface area contributed by atoms with E-state index < -0.39 is 5.54 Å². The zero-order valence-corrected chi connectivity index (χ0v) is 16.9. The van der Waals surface area contributed by atoms with E-state index in [1.165, 1.54) is 10.8 Å². The Balaban J connectivity index is 1.57. The molecule has 5 heteroatoms. The molecule has 0 bridgehead atoms. The lowest BCUT2D eigenvalue weighted by molar-refractivity contribution is -0.126. The van der Waals surface area contributed by atoms with E-state index in [0.29, 0.717) is 5.69 Å². The monoisotopic (exact) mass is 387 g/mol. The third-order valence-electron chi connectivity index (χ3n) is 5.61. The highest BCUT2D eigenvalue weighted by Gasteiger charge is 2.43. The molecule has 0 aromatic heterocycles. The predicted octanol–water partition coefficient (Wildman–Crippen LogP) is 4.25. The summed E-state index contributed by atoms with van der Waals surface area (Å²) in [6.07, 6.45) is 0. The maximum Gasteiger partial charge on any atom is 0.250 e. The number of benzene rings is 3. The van der Waals surface area contributed by atoms with Gasteiger partial charge in [-0.15, -0.1) is 0 Å². The van der Waals surface area contributed by atoms with Crippen molar-refractivity contribution in [1.82, 2.24) is 5.32 Å². The smallest absolute Gasteiger partial charge is 0.250 e. The van der Waals surface area contributed by atoms with Crippen LogP contribution < -0.4 is 15.5 Å². The molecule has 148 valence electrons. The van der Waals surface area contributed by atoms with Crippen LogP contribution in [0.2, 0.25) is 0 Å². The Kier molecular flexibility index (Phi) is 4.84. The Morgan fingerprint density at radius 1 is 1.03 bits per heavy atom. The summed E-state index contributed by atoms with van der Waals surface area (Å²) in [5, 5.41) is 8.59. The molecule has 1 aliphatic rings. The molecule has 3 aromatic carbocycles. The maximum absolute atomic E-state index is 13.2. The molecule has 2 amide bonds. The molecular formula is C24H25N3O2. The molecule has 2 N–H and O–H groups in total. The number of nitrogens with zero attached hydrogens (tertiary/aromatic N) is 1. The number of hydrogen-bond acceptors (Lipinski definition) is 3. The molecule has 0 unspecified atom stereocenters. The molecule has 0 radical (unpaired) electrons. The van der Waals surface area contributed by atoms with Gasteiger partial charge in [0, 0.05) is 6.04 Å². The minimum Gasteiger partial charge on any atom is -0.322 e. The molecule has 3 aromatic rings. The number of para-hydroxylation sites is 2. The number of fused-ring (bicyclic) bond motifs is 2. The van der Waals surface area contributed by atoms with Crippen LogP contribution in [0.4, 0.5) is 11.4 Å². The maximum atomic E-state index is 13.2. The Bertz CT molecular complexity index is 1080. The minimum atomic E-state index is -0.963. The Hall–Kier alpha value is -3.18. The van der Waals surface area contributed by atoms with Gasteiger partial charge in [-0.05, 0) is 49.2 Å². The van der Waals surface area contributed by atoms with Crippen molar-refractivity contribution >= 4 is 34.0 Å². The average molecular weight is 387 g/mol. The standard InChI is InChI=1S/C24H25N3O2/c1-16(18-12-8-10-17-9-4-5-11-19(17)18)25-15-22(28)27-21-14-7-6-13-20(21)26-23(29)24(27,2)3/h4-14,16,25H,15H2,1-3H3,(H,26,29)/t16-/m0/s1. The summed E-state index contributed by atoms with van der Waals surface area (Å²) in [5.74, 6) is -0.323. The molecule has 4 rings (SSSR count). The summed E-state index contributed by atoms with van der Waals surface area (Å²) >= 11 is 0. The second kappa shape index (κ2) is 7.33. The second-order valence-corrected chi connectivity index (χ2v) is 7.93. The predicted molar refractivity (Wildman–Crippen MR) is 117 cm³/mol. The van der Waals surface area contributed by atoms with Gasteiger partial charge in [0.1, 0.15) is 5.54 Å². The summed E-state index contributed by atoms with van der Waals surface area (Å²) in [7, 11) is 0. The first-order valence-corrected chi connectivity index (χ1v) is 9.84. The van der Waals surface area contributed by atoms with E-state index in [-0.39, 0.29) is 24.4 Å². The third-order valence-corrected chi connectivity index (χ3v) is 5.61. The highest BCUT2D eigenvalue weighted by molar-refractivity contribution is 6.14. The lowest BCUT2D eigenvalue weighted by atomic mass is 9.96. The molecule has 0 aliphatic carbocycles. The van der Waals surface area contributed by atoms with Crippen LogP contribution in [0.25, 0.3) is 10.8 Å². The number of carbonyl (C=O) groups is 2. The van der Waals surface area contributed by atoms with Crippen molar-refractivity contribution in [3.63, 3.8) is 0 Å². The van der Waals surface area contributed by atoms with Gasteiger partial charge in [-0.1, -0.05) is 54.6 Å². The Morgan fingerprint density at radius 3 is 2.55 bits per heavy atom. The van der Waals surface area contributed by atoms with Crippen molar-refractivity contribution in [1.29, 1.82) is 0 Å². The van der Waals surface area contributed by atoms with Gasteiger partial charge in [-0.25, -0.2) is 0 Å². The molecule has 0 saturated heterocycles. The number of carbonyl (C=O) groups excluding carboxylic acids is 2. The largest absolute Gasteiger partial charge is 0.322 e. The average Bonchev–Trinajstić information content (AvgIpc) is 2.72. The highest BCUT2D eigenvalue weighted by atomic mass is 16.2. The zero-order valence-electron chi connectivity index (χ0n) is 16.9. The van der Waals surface area contributed by atoms with Crippen molar-refractivity contribution in [3.8, 4) is 0 Å². The van der Waals surface area contributed by atoms with Gasteiger partial charge in [-0.3, -0.25) is 14.5 Å². The van der Waals surface area contributed by atoms with E-state index in [1.807, 2.05) is 42.5 Å². The van der Waals surface area contributed by atoms with Crippen molar-refractivity contribution < 1.29 is 9.59 Å². The van der Waals surface area contributed by atoms with E-state index in [9.17, 15) is 9.59 Å². The molecule has 0 spiro atoms. The van der Waals surface area contributed by atoms with E-state index in [2.05, 4.69) is 41.8 Å². The minimum absolute atomic E-state index is 0.0120. The molecule has 1 aliphatic heterocycles. The van der Waals surface area contributed by atoms with E-state index in [0.717, 1.165) is 11.3 Å². The van der Waals surface area contributed by atoms with Gasteiger partial charge in [0.25, 0.3) is 0 Å². The van der Waals surface area contributed by atoms with Gasteiger partial charge < -0.3 is 10.6 Å². The van der Waals surface area contributed by atoms with Crippen molar-refractivity contribution in [2.24, 2.45) is 0 Å². The molecule has 29 heavy (non-hydrogen) atoms. The van der Waals surface area contributed by atoms with Crippen LogP contribution in [-0.2, 0) is 9.59 Å². The lowest BCUT2D eigenvalue weighted by Gasteiger charge is -2.42. The van der Waals surface area contributed by atoms with Gasteiger partial charge in [0.15, 0.2) is 0 Å². The number of hydrogen-bond donors (Lipinski definition) is 2. The van der Waals surface area contributed by atoms with Crippen molar-refractivity contribution in [2.75, 3.05) is 16.8 Å².